The number of nitrogens with zero attached hydrogens (tertiary/aromatic N) is 4. The highest BCUT2D eigenvalue weighted by molar-refractivity contribution is 8.00. The molecule has 0 aromatic heterocycles. The molecule has 2 aromatic carbocycles. The molecule has 0 unspecified atom stereocenters. The van der Waals surface area contributed by atoms with Crippen LogP contribution >= 0.6 is 11.8 Å². The summed E-state index contributed by atoms with van der Waals surface area (Å²) in [5.74, 6) is -1.43. The Morgan fingerprint density at radius 1 is 1.11 bits per heavy atom. The fraction of sp³-hybridized carbons (Fsp3) is 0.227. The van der Waals surface area contributed by atoms with Gasteiger partial charge in [-0.2, -0.15) is 8.42 Å². The van der Waals surface area contributed by atoms with Crippen LogP contribution in [0.2, 0.25) is 0 Å². The van der Waals surface area contributed by atoms with Crippen LogP contribution in [0.4, 0.5) is 11.4 Å². The number of nitro benzene ring substituents is 2. The van der Waals surface area contributed by atoms with Crippen LogP contribution in [0, 0.1) is 20.2 Å². The summed E-state index contributed by atoms with van der Waals surface area (Å²) in [6, 6.07) is 8.90. The van der Waals surface area contributed by atoms with Crippen molar-refractivity contribution in [2.45, 2.75) is 18.3 Å². The molecule has 2 aliphatic rings. The first kappa shape index (κ1) is 26.7. The SMILES string of the molecule is CC(=O)OCC1=C(S(=O)(=O)Oc2ccc([N+](=O)[O-])cc2)N2C(=O)[C@@H](/N=C/c3ccc([N+](=O)[O-])cc3)[C@H]2SC1. The molecule has 0 N–H and O–H groups in total. The number of carbonyl (C=O) groups is 2. The van der Waals surface area contributed by atoms with E-state index in [1.54, 1.807) is 0 Å². The molecule has 1 fully saturated rings. The van der Waals surface area contributed by atoms with Crippen LogP contribution in [0.5, 0.6) is 5.75 Å². The Labute approximate surface area is 219 Å². The number of fused-ring (bicyclic) bond motifs is 1. The minimum atomic E-state index is -4.64. The van der Waals surface area contributed by atoms with Gasteiger partial charge in [0.05, 0.1) is 9.85 Å². The summed E-state index contributed by atoms with van der Waals surface area (Å²) in [5, 5.41) is 20.5. The Bertz CT molecular complexity index is 1470. The van der Waals surface area contributed by atoms with Gasteiger partial charge in [0.2, 0.25) is 0 Å². The van der Waals surface area contributed by atoms with Crippen LogP contribution in [-0.2, 0) is 24.4 Å². The molecule has 1 saturated heterocycles. The summed E-state index contributed by atoms with van der Waals surface area (Å²) in [6.07, 6.45) is 1.36. The predicted molar refractivity (Wildman–Crippen MR) is 134 cm³/mol. The van der Waals surface area contributed by atoms with E-state index in [-0.39, 0.29) is 28.5 Å². The first-order chi connectivity index (χ1) is 18.0. The maximum Gasteiger partial charge on any atom is 0.355 e. The molecule has 0 spiro atoms. The lowest BCUT2D eigenvalue weighted by Gasteiger charge is -2.47. The van der Waals surface area contributed by atoms with Gasteiger partial charge in [-0.05, 0) is 29.8 Å². The molecule has 1 amide bonds. The summed E-state index contributed by atoms with van der Waals surface area (Å²) in [7, 11) is -4.64. The maximum atomic E-state index is 13.3. The van der Waals surface area contributed by atoms with E-state index >= 15 is 0 Å². The largest absolute Gasteiger partial charge is 0.461 e. The molecular formula is C22H18N4O10S2. The minimum absolute atomic E-state index is 0.0868. The third-order valence-electron chi connectivity index (χ3n) is 5.39. The van der Waals surface area contributed by atoms with Gasteiger partial charge >= 0.3 is 16.1 Å². The second kappa shape index (κ2) is 10.6. The van der Waals surface area contributed by atoms with E-state index < -0.39 is 54.9 Å². The fourth-order valence-corrected chi connectivity index (χ4v) is 6.46. The number of nitro groups is 2. The number of esters is 1. The van der Waals surface area contributed by atoms with Crippen molar-refractivity contribution >= 4 is 51.3 Å². The molecular weight excluding hydrogens is 544 g/mol. The molecule has 2 atom stereocenters. The van der Waals surface area contributed by atoms with Crippen molar-refractivity contribution in [3.8, 4) is 5.75 Å². The van der Waals surface area contributed by atoms with Gasteiger partial charge in [0.25, 0.3) is 17.3 Å². The highest BCUT2D eigenvalue weighted by Gasteiger charge is 2.55. The number of thioether (sulfide) groups is 1. The number of hydrogen-bond donors (Lipinski definition) is 0. The van der Waals surface area contributed by atoms with Crippen molar-refractivity contribution in [3.05, 3.63) is 84.9 Å². The average molecular weight is 563 g/mol. The molecule has 4 rings (SSSR count). The van der Waals surface area contributed by atoms with Gasteiger partial charge in [-0.3, -0.25) is 39.7 Å². The topological polar surface area (TPSA) is 189 Å². The zero-order valence-corrected chi connectivity index (χ0v) is 21.1. The zero-order valence-electron chi connectivity index (χ0n) is 19.5. The Kier molecular flexibility index (Phi) is 7.45. The van der Waals surface area contributed by atoms with Crippen LogP contribution in [-0.4, -0.2) is 65.0 Å². The van der Waals surface area contributed by atoms with Crippen molar-refractivity contribution in [1.29, 1.82) is 0 Å². The Hall–Kier alpha value is -4.31. The van der Waals surface area contributed by atoms with E-state index in [1.165, 1.54) is 42.2 Å². The number of carbonyl (C=O) groups excluding carboxylic acids is 2. The van der Waals surface area contributed by atoms with Gasteiger partial charge < -0.3 is 8.92 Å². The van der Waals surface area contributed by atoms with E-state index in [1.807, 2.05) is 0 Å². The number of non-ortho nitro benzene ring substituents is 2. The minimum Gasteiger partial charge on any atom is -0.461 e. The average Bonchev–Trinajstić information content (AvgIpc) is 2.87. The molecule has 198 valence electrons. The number of hydrogen-bond acceptors (Lipinski definition) is 12. The molecule has 2 aliphatic heterocycles. The third-order valence-corrected chi connectivity index (χ3v) is 8.09. The summed E-state index contributed by atoms with van der Waals surface area (Å²) in [4.78, 5) is 50.1. The van der Waals surface area contributed by atoms with Crippen LogP contribution in [0.1, 0.15) is 12.5 Å². The number of aliphatic imine (C=N–C) groups is 1. The smallest absolute Gasteiger partial charge is 0.355 e. The van der Waals surface area contributed by atoms with E-state index in [0.29, 0.717) is 5.56 Å². The molecule has 0 saturated carbocycles. The first-order valence-electron chi connectivity index (χ1n) is 10.7. The van der Waals surface area contributed by atoms with Crippen molar-refractivity contribution < 1.29 is 36.8 Å². The summed E-state index contributed by atoms with van der Waals surface area (Å²) in [5.41, 5.74) is 0.243. The number of ether oxygens (including phenoxy) is 1. The van der Waals surface area contributed by atoms with Crippen LogP contribution in [0.3, 0.4) is 0 Å². The van der Waals surface area contributed by atoms with Gasteiger partial charge in [0.1, 0.15) is 17.7 Å². The van der Waals surface area contributed by atoms with Gasteiger partial charge in [0.15, 0.2) is 11.1 Å². The summed E-state index contributed by atoms with van der Waals surface area (Å²) < 4.78 is 36.7. The monoisotopic (exact) mass is 562 g/mol. The Balaban J connectivity index is 1.60. The summed E-state index contributed by atoms with van der Waals surface area (Å²) in [6.45, 7) is 0.756. The Morgan fingerprint density at radius 3 is 2.24 bits per heavy atom. The summed E-state index contributed by atoms with van der Waals surface area (Å²) >= 11 is 1.22. The van der Waals surface area contributed by atoms with Crippen molar-refractivity contribution in [1.82, 2.24) is 4.90 Å². The molecule has 38 heavy (non-hydrogen) atoms. The molecule has 2 aromatic rings. The third kappa shape index (κ3) is 5.50. The van der Waals surface area contributed by atoms with Crippen LogP contribution in [0.15, 0.2) is 64.1 Å². The molecule has 16 heteroatoms. The zero-order chi connectivity index (χ0) is 27.6. The highest BCUT2D eigenvalue weighted by atomic mass is 32.2. The second-order valence-electron chi connectivity index (χ2n) is 7.96. The lowest BCUT2D eigenvalue weighted by molar-refractivity contribution is -0.385. The van der Waals surface area contributed by atoms with E-state index in [9.17, 15) is 38.2 Å². The van der Waals surface area contributed by atoms with Crippen molar-refractivity contribution in [3.63, 3.8) is 0 Å². The molecule has 0 bridgehead atoms. The van der Waals surface area contributed by atoms with Crippen LogP contribution in [0.25, 0.3) is 0 Å². The number of benzene rings is 2. The van der Waals surface area contributed by atoms with E-state index in [2.05, 4.69) is 4.99 Å². The number of amides is 1. The van der Waals surface area contributed by atoms with Crippen molar-refractivity contribution in [2.75, 3.05) is 12.4 Å². The van der Waals surface area contributed by atoms with Gasteiger partial charge in [-0.25, -0.2) is 0 Å². The second-order valence-corrected chi connectivity index (χ2v) is 10.5. The van der Waals surface area contributed by atoms with E-state index in [4.69, 9.17) is 8.92 Å². The standard InChI is InChI=1S/C22H18N4O10S2/c1-13(27)35-11-15-12-37-21-19(23-10-14-2-4-16(5-3-14)25(29)30)20(28)24(21)22(15)38(33,34)36-18-8-6-17(7-9-18)26(31)32/h2-10,19,21H,11-12H2,1H3/b23-10+/t19-,21-/m1/s1. The molecule has 0 radical (unpaired) electrons. The van der Waals surface area contributed by atoms with Gasteiger partial charge in [-0.15, -0.1) is 11.8 Å². The normalized spacial score (nSPS) is 19.1. The van der Waals surface area contributed by atoms with Gasteiger partial charge in [0, 0.05) is 48.7 Å². The van der Waals surface area contributed by atoms with Gasteiger partial charge in [-0.1, -0.05) is 0 Å². The predicted octanol–water partition coefficient (Wildman–Crippen LogP) is 2.39. The first-order valence-corrected chi connectivity index (χ1v) is 13.2. The van der Waals surface area contributed by atoms with E-state index in [0.717, 1.165) is 36.1 Å². The maximum absolute atomic E-state index is 13.3. The lowest BCUT2D eigenvalue weighted by atomic mass is 10.1. The Morgan fingerprint density at radius 2 is 1.68 bits per heavy atom. The quantitative estimate of drug-likeness (QED) is 0.109. The van der Waals surface area contributed by atoms with Crippen molar-refractivity contribution in [2.24, 2.45) is 4.99 Å². The lowest BCUT2D eigenvalue weighted by Crippen LogP contribution is -2.64. The molecule has 2 heterocycles. The molecule has 14 nitrogen and oxygen atoms in total. The number of rotatable bonds is 9. The molecule has 0 aliphatic carbocycles. The van der Waals surface area contributed by atoms with Crippen LogP contribution < -0.4 is 4.18 Å². The highest BCUT2D eigenvalue weighted by Crippen LogP contribution is 2.44. The number of β-lactam (4-membered cyclic amide) rings is 1. The fourth-order valence-electron chi connectivity index (χ4n) is 3.61.